The molecular formula is C9H14O4. The zero-order chi connectivity index (χ0) is 9.68. The van der Waals surface area contributed by atoms with Crippen LogP contribution in [0.4, 0.5) is 0 Å². The van der Waals surface area contributed by atoms with Crippen molar-refractivity contribution >= 4 is 11.8 Å². The Bertz CT molecular complexity index is 200. The maximum Gasteiger partial charge on any atom is 0.306 e. The molecule has 0 spiro atoms. The van der Waals surface area contributed by atoms with Crippen LogP contribution >= 0.6 is 0 Å². The molecule has 1 rings (SSSR count). The second-order valence-electron chi connectivity index (χ2n) is 3.00. The van der Waals surface area contributed by atoms with Gasteiger partial charge in [-0.3, -0.25) is 9.59 Å². The van der Waals surface area contributed by atoms with Crippen LogP contribution in [-0.2, 0) is 19.1 Å². The van der Waals surface area contributed by atoms with Gasteiger partial charge < -0.3 is 9.47 Å². The highest BCUT2D eigenvalue weighted by Crippen LogP contribution is 2.14. The number of rotatable bonds is 3. The van der Waals surface area contributed by atoms with Gasteiger partial charge in [-0.1, -0.05) is 0 Å². The van der Waals surface area contributed by atoms with Crippen LogP contribution in [0.3, 0.4) is 0 Å². The van der Waals surface area contributed by atoms with Crippen molar-refractivity contribution in [3.05, 3.63) is 0 Å². The minimum Gasteiger partial charge on any atom is -0.466 e. The van der Waals surface area contributed by atoms with Gasteiger partial charge in [0.05, 0.1) is 32.2 Å². The molecule has 0 aliphatic carbocycles. The molecule has 4 heteroatoms. The van der Waals surface area contributed by atoms with E-state index in [1.54, 1.807) is 6.92 Å². The van der Waals surface area contributed by atoms with Crippen LogP contribution < -0.4 is 0 Å². The van der Waals surface area contributed by atoms with Gasteiger partial charge in [0.2, 0.25) is 0 Å². The van der Waals surface area contributed by atoms with Crippen molar-refractivity contribution in [1.29, 1.82) is 0 Å². The van der Waals surface area contributed by atoms with Crippen molar-refractivity contribution in [3.63, 3.8) is 0 Å². The maximum absolute atomic E-state index is 11.2. The molecule has 13 heavy (non-hydrogen) atoms. The van der Waals surface area contributed by atoms with E-state index in [9.17, 15) is 9.59 Å². The van der Waals surface area contributed by atoms with Gasteiger partial charge in [-0.15, -0.1) is 0 Å². The van der Waals surface area contributed by atoms with E-state index in [1.807, 2.05) is 0 Å². The van der Waals surface area contributed by atoms with Gasteiger partial charge in [0, 0.05) is 6.42 Å². The highest BCUT2D eigenvalue weighted by molar-refractivity contribution is 5.85. The fraction of sp³-hybridized carbons (Fsp3) is 0.778. The lowest BCUT2D eigenvalue weighted by atomic mass is 9.97. The molecule has 0 aromatic heterocycles. The van der Waals surface area contributed by atoms with Crippen LogP contribution in [0, 0.1) is 5.92 Å². The Morgan fingerprint density at radius 1 is 1.69 bits per heavy atom. The lowest BCUT2D eigenvalue weighted by molar-refractivity contribution is -0.148. The van der Waals surface area contributed by atoms with Crippen LogP contribution in [-0.4, -0.2) is 31.6 Å². The molecule has 1 fully saturated rings. The van der Waals surface area contributed by atoms with Crippen molar-refractivity contribution in [2.75, 3.05) is 19.8 Å². The summed E-state index contributed by atoms with van der Waals surface area (Å²) in [6.07, 6.45) is 0.580. The first-order chi connectivity index (χ1) is 6.24. The fourth-order valence-electron chi connectivity index (χ4n) is 1.29. The average molecular weight is 186 g/mol. The summed E-state index contributed by atoms with van der Waals surface area (Å²) in [4.78, 5) is 22.3. The number of esters is 1. The van der Waals surface area contributed by atoms with E-state index in [4.69, 9.17) is 9.47 Å². The van der Waals surface area contributed by atoms with Crippen LogP contribution in [0.5, 0.6) is 0 Å². The minimum absolute atomic E-state index is 0.110. The van der Waals surface area contributed by atoms with Crippen molar-refractivity contribution in [2.24, 2.45) is 5.92 Å². The number of ketones is 1. The number of ether oxygens (including phenoxy) is 2. The Kier molecular flexibility index (Phi) is 3.89. The third kappa shape index (κ3) is 3.14. The van der Waals surface area contributed by atoms with Crippen LogP contribution in [0.1, 0.15) is 19.8 Å². The summed E-state index contributed by atoms with van der Waals surface area (Å²) in [5, 5.41) is 0. The number of hydrogen-bond donors (Lipinski definition) is 0. The molecule has 0 N–H and O–H groups in total. The van der Waals surface area contributed by atoms with Crippen LogP contribution in [0.25, 0.3) is 0 Å². The third-order valence-electron chi connectivity index (χ3n) is 1.99. The monoisotopic (exact) mass is 186 g/mol. The smallest absolute Gasteiger partial charge is 0.306 e. The maximum atomic E-state index is 11.2. The zero-order valence-corrected chi connectivity index (χ0v) is 7.75. The molecule has 1 atom stereocenters. The first-order valence-electron chi connectivity index (χ1n) is 4.50. The normalized spacial score (nSPS) is 22.8. The van der Waals surface area contributed by atoms with Gasteiger partial charge in [0.15, 0.2) is 0 Å². The zero-order valence-electron chi connectivity index (χ0n) is 7.75. The molecule has 1 saturated heterocycles. The molecular weight excluding hydrogens is 172 g/mol. The molecule has 0 saturated carbocycles. The van der Waals surface area contributed by atoms with Crippen LogP contribution in [0.2, 0.25) is 0 Å². The molecule has 4 nitrogen and oxygen atoms in total. The first-order valence-corrected chi connectivity index (χ1v) is 4.50. The van der Waals surface area contributed by atoms with Crippen molar-refractivity contribution in [3.8, 4) is 0 Å². The summed E-state index contributed by atoms with van der Waals surface area (Å²) in [7, 11) is 0. The summed E-state index contributed by atoms with van der Waals surface area (Å²) in [6, 6.07) is 0. The Morgan fingerprint density at radius 2 is 2.46 bits per heavy atom. The van der Waals surface area contributed by atoms with E-state index in [2.05, 4.69) is 0 Å². The standard InChI is InChI=1S/C9H14O4/c1-2-13-9(11)5-7-6-12-4-3-8(7)10/h7H,2-6H2,1H3. The van der Waals surface area contributed by atoms with Crippen molar-refractivity contribution in [1.82, 2.24) is 0 Å². The van der Waals surface area contributed by atoms with Crippen molar-refractivity contribution in [2.45, 2.75) is 19.8 Å². The Labute approximate surface area is 77.2 Å². The summed E-state index contributed by atoms with van der Waals surface area (Å²) in [5.41, 5.74) is 0. The molecule has 0 bridgehead atoms. The lowest BCUT2D eigenvalue weighted by Crippen LogP contribution is -2.29. The fourth-order valence-corrected chi connectivity index (χ4v) is 1.29. The molecule has 0 aromatic carbocycles. The van der Waals surface area contributed by atoms with Gasteiger partial charge in [-0.05, 0) is 6.92 Å². The van der Waals surface area contributed by atoms with E-state index in [0.717, 1.165) is 0 Å². The molecule has 1 heterocycles. The predicted molar refractivity (Wildman–Crippen MR) is 45.2 cm³/mol. The van der Waals surface area contributed by atoms with E-state index < -0.39 is 0 Å². The van der Waals surface area contributed by atoms with Crippen LogP contribution in [0.15, 0.2) is 0 Å². The van der Waals surface area contributed by atoms with Gasteiger partial charge in [-0.2, -0.15) is 0 Å². The Balaban J connectivity index is 2.33. The topological polar surface area (TPSA) is 52.6 Å². The lowest BCUT2D eigenvalue weighted by Gasteiger charge is -2.19. The Hall–Kier alpha value is -0.900. The van der Waals surface area contributed by atoms with Crippen molar-refractivity contribution < 1.29 is 19.1 Å². The van der Waals surface area contributed by atoms with Gasteiger partial charge in [0.1, 0.15) is 5.78 Å². The molecule has 0 aromatic rings. The first kappa shape index (κ1) is 10.2. The van der Waals surface area contributed by atoms with Gasteiger partial charge >= 0.3 is 5.97 Å². The third-order valence-corrected chi connectivity index (χ3v) is 1.99. The molecule has 0 radical (unpaired) electrons. The average Bonchev–Trinajstić information content (AvgIpc) is 2.09. The summed E-state index contributed by atoms with van der Waals surface area (Å²) in [6.45, 7) is 2.95. The largest absolute Gasteiger partial charge is 0.466 e. The molecule has 0 amide bonds. The molecule has 1 aliphatic heterocycles. The molecule has 74 valence electrons. The van der Waals surface area contributed by atoms with Gasteiger partial charge in [0.25, 0.3) is 0 Å². The van der Waals surface area contributed by atoms with E-state index in [1.165, 1.54) is 0 Å². The number of Topliss-reactive ketones (excluding diaryl/α,β-unsaturated/α-hetero) is 1. The quantitative estimate of drug-likeness (QED) is 0.604. The number of carbonyl (C=O) groups excluding carboxylic acids is 2. The highest BCUT2D eigenvalue weighted by atomic mass is 16.5. The second kappa shape index (κ2) is 4.97. The number of carbonyl (C=O) groups is 2. The molecule has 1 unspecified atom stereocenters. The predicted octanol–water partition coefficient (Wildman–Crippen LogP) is 0.545. The second-order valence-corrected chi connectivity index (χ2v) is 3.00. The van der Waals surface area contributed by atoms with E-state index in [0.29, 0.717) is 26.2 Å². The SMILES string of the molecule is CCOC(=O)CC1COCCC1=O. The summed E-state index contributed by atoms with van der Waals surface area (Å²) >= 11 is 0. The van der Waals surface area contributed by atoms with E-state index >= 15 is 0 Å². The highest BCUT2D eigenvalue weighted by Gasteiger charge is 2.25. The summed E-state index contributed by atoms with van der Waals surface area (Å²) in [5.74, 6) is -0.488. The van der Waals surface area contributed by atoms with E-state index in [-0.39, 0.29) is 24.1 Å². The Morgan fingerprint density at radius 3 is 3.08 bits per heavy atom. The minimum atomic E-state index is -0.314. The van der Waals surface area contributed by atoms with Gasteiger partial charge in [-0.25, -0.2) is 0 Å². The number of hydrogen-bond acceptors (Lipinski definition) is 4. The summed E-state index contributed by atoms with van der Waals surface area (Å²) < 4.78 is 9.85. The molecule has 1 aliphatic rings.